The number of rotatable bonds is 10. The van der Waals surface area contributed by atoms with E-state index in [9.17, 15) is 28.1 Å². The van der Waals surface area contributed by atoms with Crippen LogP contribution >= 0.6 is 11.6 Å². The summed E-state index contributed by atoms with van der Waals surface area (Å²) in [4.78, 5) is 38.5. The van der Waals surface area contributed by atoms with Gasteiger partial charge in [0.15, 0.2) is 0 Å². The Morgan fingerprint density at radius 1 is 1.19 bits per heavy atom. The monoisotopic (exact) mass is 554 g/mol. The van der Waals surface area contributed by atoms with E-state index in [1.165, 1.54) is 25.0 Å². The standard InChI is InChI=1S/C24H31ClN4O7S/c1-16(23(31)26-24(2,3)4)27(14-17-9-7-8-10-19(17)25)22(30)15-28(37(6,34)35)20-13-18(29(32)33)11-12-21(20)36-5/h7-13,16H,14-15H2,1-6H3,(H,26,31)/t16-/m1/s1. The Morgan fingerprint density at radius 2 is 1.81 bits per heavy atom. The summed E-state index contributed by atoms with van der Waals surface area (Å²) in [5.74, 6) is -1.16. The Kier molecular flexibility index (Phi) is 9.50. The molecule has 2 aromatic rings. The van der Waals surface area contributed by atoms with Crippen LogP contribution in [0.25, 0.3) is 0 Å². The normalized spacial score (nSPS) is 12.4. The van der Waals surface area contributed by atoms with Gasteiger partial charge in [0, 0.05) is 29.2 Å². The van der Waals surface area contributed by atoms with Crippen molar-refractivity contribution in [2.75, 3.05) is 24.2 Å². The SMILES string of the molecule is COc1ccc([N+](=O)[O-])cc1N(CC(=O)N(Cc1ccccc1Cl)[C@H](C)C(=O)NC(C)(C)C)S(C)(=O)=O. The van der Waals surface area contributed by atoms with Crippen molar-refractivity contribution in [2.45, 2.75) is 45.8 Å². The average Bonchev–Trinajstić information content (AvgIpc) is 2.79. The number of nitro benzene ring substituents is 1. The first kappa shape index (κ1) is 29.8. The number of sulfonamides is 1. The molecule has 11 nitrogen and oxygen atoms in total. The van der Waals surface area contributed by atoms with Gasteiger partial charge in [-0.2, -0.15) is 0 Å². The van der Waals surface area contributed by atoms with Crippen LogP contribution in [0.3, 0.4) is 0 Å². The second-order valence-electron chi connectivity index (χ2n) is 9.41. The molecule has 0 aromatic heterocycles. The van der Waals surface area contributed by atoms with E-state index in [1.54, 1.807) is 45.0 Å². The molecule has 37 heavy (non-hydrogen) atoms. The number of carbonyl (C=O) groups excluding carboxylic acids is 2. The van der Waals surface area contributed by atoms with Crippen molar-refractivity contribution in [1.29, 1.82) is 0 Å². The van der Waals surface area contributed by atoms with Gasteiger partial charge in [0.2, 0.25) is 21.8 Å². The molecule has 0 heterocycles. The van der Waals surface area contributed by atoms with E-state index >= 15 is 0 Å². The number of benzene rings is 2. The molecule has 2 aromatic carbocycles. The van der Waals surface area contributed by atoms with Crippen LogP contribution in [0.1, 0.15) is 33.3 Å². The number of anilines is 1. The molecule has 202 valence electrons. The van der Waals surface area contributed by atoms with Gasteiger partial charge in [-0.05, 0) is 45.4 Å². The summed E-state index contributed by atoms with van der Waals surface area (Å²) in [6.07, 6.45) is 0.868. The van der Waals surface area contributed by atoms with Gasteiger partial charge in [0.1, 0.15) is 24.0 Å². The number of hydrogen-bond donors (Lipinski definition) is 1. The quantitative estimate of drug-likeness (QED) is 0.351. The Labute approximate surface area is 221 Å². The van der Waals surface area contributed by atoms with E-state index in [-0.39, 0.29) is 23.7 Å². The molecule has 0 saturated heterocycles. The first-order valence-corrected chi connectivity index (χ1v) is 13.4. The molecule has 0 unspecified atom stereocenters. The average molecular weight is 555 g/mol. The summed E-state index contributed by atoms with van der Waals surface area (Å²) in [5, 5.41) is 14.5. The van der Waals surface area contributed by atoms with Crippen LogP contribution in [0, 0.1) is 10.1 Å². The Hall–Kier alpha value is -3.38. The number of ether oxygens (including phenoxy) is 1. The highest BCUT2D eigenvalue weighted by Crippen LogP contribution is 2.34. The molecule has 0 aliphatic rings. The number of nitrogens with one attached hydrogen (secondary N) is 1. The molecular weight excluding hydrogens is 524 g/mol. The summed E-state index contributed by atoms with van der Waals surface area (Å²) in [6.45, 7) is 6.07. The van der Waals surface area contributed by atoms with Crippen molar-refractivity contribution in [3.63, 3.8) is 0 Å². The van der Waals surface area contributed by atoms with Gasteiger partial charge in [-0.1, -0.05) is 29.8 Å². The maximum absolute atomic E-state index is 13.6. The lowest BCUT2D eigenvalue weighted by Gasteiger charge is -2.33. The van der Waals surface area contributed by atoms with E-state index in [1.807, 2.05) is 0 Å². The highest BCUT2D eigenvalue weighted by atomic mass is 35.5. The minimum Gasteiger partial charge on any atom is -0.495 e. The van der Waals surface area contributed by atoms with Gasteiger partial charge in [0.25, 0.3) is 5.69 Å². The number of nitro groups is 1. The zero-order valence-electron chi connectivity index (χ0n) is 21.5. The molecule has 0 aliphatic heterocycles. The zero-order chi connectivity index (χ0) is 28.1. The molecule has 13 heteroatoms. The number of methoxy groups -OCH3 is 1. The van der Waals surface area contributed by atoms with Crippen LogP contribution in [0.5, 0.6) is 5.75 Å². The maximum Gasteiger partial charge on any atom is 0.271 e. The van der Waals surface area contributed by atoms with Crippen molar-refractivity contribution in [1.82, 2.24) is 10.2 Å². The highest BCUT2D eigenvalue weighted by molar-refractivity contribution is 7.92. The molecule has 0 fully saturated rings. The fraction of sp³-hybridized carbons (Fsp3) is 0.417. The molecule has 2 rings (SSSR count). The van der Waals surface area contributed by atoms with Crippen molar-refractivity contribution in [2.24, 2.45) is 0 Å². The van der Waals surface area contributed by atoms with Crippen LogP contribution in [0.4, 0.5) is 11.4 Å². The number of non-ortho nitro benzene ring substituents is 1. The van der Waals surface area contributed by atoms with E-state index in [4.69, 9.17) is 16.3 Å². The number of hydrogen-bond acceptors (Lipinski definition) is 7. The minimum atomic E-state index is -4.12. The molecule has 0 saturated carbocycles. The third-order valence-corrected chi connectivity index (χ3v) is 6.78. The highest BCUT2D eigenvalue weighted by Gasteiger charge is 2.33. The van der Waals surface area contributed by atoms with E-state index in [2.05, 4.69) is 5.32 Å². The van der Waals surface area contributed by atoms with Crippen molar-refractivity contribution in [3.05, 3.63) is 63.2 Å². The Balaban J connectivity index is 2.55. The predicted molar refractivity (Wildman–Crippen MR) is 141 cm³/mol. The summed E-state index contributed by atoms with van der Waals surface area (Å²) < 4.78 is 31.5. The van der Waals surface area contributed by atoms with Crippen LogP contribution in [-0.4, -0.2) is 61.5 Å². The van der Waals surface area contributed by atoms with E-state index in [0.29, 0.717) is 10.6 Å². The largest absolute Gasteiger partial charge is 0.495 e. The molecule has 0 bridgehead atoms. The smallest absolute Gasteiger partial charge is 0.271 e. The molecule has 1 N–H and O–H groups in total. The van der Waals surface area contributed by atoms with Gasteiger partial charge >= 0.3 is 0 Å². The molecule has 2 amide bonds. The van der Waals surface area contributed by atoms with Crippen molar-refractivity contribution < 1.29 is 27.7 Å². The van der Waals surface area contributed by atoms with Gasteiger partial charge in [-0.15, -0.1) is 0 Å². The summed E-state index contributed by atoms with van der Waals surface area (Å²) in [7, 11) is -2.85. The van der Waals surface area contributed by atoms with E-state index in [0.717, 1.165) is 22.7 Å². The molecule has 0 radical (unpaired) electrons. The first-order valence-electron chi connectivity index (χ1n) is 11.2. The first-order chi connectivity index (χ1) is 17.0. The number of amides is 2. The minimum absolute atomic E-state index is 0.0139. The van der Waals surface area contributed by atoms with Crippen molar-refractivity contribution in [3.8, 4) is 5.75 Å². The maximum atomic E-state index is 13.6. The fourth-order valence-electron chi connectivity index (χ4n) is 3.45. The van der Waals surface area contributed by atoms with Crippen LogP contribution in [-0.2, 0) is 26.2 Å². The van der Waals surface area contributed by atoms with Crippen LogP contribution in [0.2, 0.25) is 5.02 Å². The summed E-state index contributed by atoms with van der Waals surface area (Å²) in [6, 6.07) is 9.18. The Morgan fingerprint density at radius 3 is 2.32 bits per heavy atom. The lowest BCUT2D eigenvalue weighted by atomic mass is 10.1. The molecular formula is C24H31ClN4O7S. The summed E-state index contributed by atoms with van der Waals surface area (Å²) in [5.41, 5.74) is -0.605. The molecule has 0 spiro atoms. The predicted octanol–water partition coefficient (Wildman–Crippen LogP) is 3.35. The van der Waals surface area contributed by atoms with Gasteiger partial charge < -0.3 is 15.0 Å². The molecule has 0 aliphatic carbocycles. The summed E-state index contributed by atoms with van der Waals surface area (Å²) >= 11 is 6.30. The second-order valence-corrected chi connectivity index (χ2v) is 11.7. The third-order valence-electron chi connectivity index (χ3n) is 5.29. The topological polar surface area (TPSA) is 139 Å². The zero-order valence-corrected chi connectivity index (χ0v) is 23.1. The van der Waals surface area contributed by atoms with Gasteiger partial charge in [-0.25, -0.2) is 8.42 Å². The van der Waals surface area contributed by atoms with Crippen molar-refractivity contribution >= 4 is 44.8 Å². The third kappa shape index (κ3) is 8.05. The van der Waals surface area contributed by atoms with Crippen LogP contribution < -0.4 is 14.4 Å². The van der Waals surface area contributed by atoms with Gasteiger partial charge in [-0.3, -0.25) is 24.0 Å². The fourth-order valence-corrected chi connectivity index (χ4v) is 4.49. The lowest BCUT2D eigenvalue weighted by Crippen LogP contribution is -2.54. The van der Waals surface area contributed by atoms with Gasteiger partial charge in [0.05, 0.1) is 18.3 Å². The lowest BCUT2D eigenvalue weighted by molar-refractivity contribution is -0.384. The molecule has 1 atom stereocenters. The van der Waals surface area contributed by atoms with Crippen LogP contribution in [0.15, 0.2) is 42.5 Å². The second kappa shape index (κ2) is 11.8. The number of carbonyl (C=O) groups is 2. The number of nitrogens with zero attached hydrogens (tertiary/aromatic N) is 3. The Bertz CT molecular complexity index is 1280. The van der Waals surface area contributed by atoms with E-state index < -0.39 is 44.9 Å². The number of halogens is 1.